The molecule has 0 aliphatic carbocycles. The topological polar surface area (TPSA) is 58.2 Å². The first-order chi connectivity index (χ1) is 11.8. The first kappa shape index (κ1) is 14.7. The maximum atomic E-state index is 12.1. The monoisotopic (exact) mass is 335 g/mol. The number of amides is 1. The van der Waals surface area contributed by atoms with Gasteiger partial charge in [-0.1, -0.05) is 48.2 Å². The third-order valence-corrected chi connectivity index (χ3v) is 4.47. The van der Waals surface area contributed by atoms with Gasteiger partial charge in [-0.3, -0.25) is 9.69 Å². The van der Waals surface area contributed by atoms with Crippen LogP contribution in [0.1, 0.15) is 0 Å². The number of fused-ring (bicyclic) bond motifs is 1. The van der Waals surface area contributed by atoms with Crippen molar-refractivity contribution in [3.63, 3.8) is 0 Å². The van der Waals surface area contributed by atoms with Gasteiger partial charge in [0.15, 0.2) is 5.17 Å². The number of para-hydroxylation sites is 2. The lowest BCUT2D eigenvalue weighted by molar-refractivity contribution is -0.115. The lowest BCUT2D eigenvalue weighted by atomic mass is 10.2. The Morgan fingerprint density at radius 1 is 0.917 bits per heavy atom. The van der Waals surface area contributed by atoms with Crippen LogP contribution in [-0.4, -0.2) is 16.8 Å². The Hall–Kier alpha value is -2.86. The molecule has 24 heavy (non-hydrogen) atoms. The highest BCUT2D eigenvalue weighted by Crippen LogP contribution is 2.26. The molecule has 0 bridgehead atoms. The van der Waals surface area contributed by atoms with Gasteiger partial charge in [-0.2, -0.15) is 0 Å². The summed E-state index contributed by atoms with van der Waals surface area (Å²) < 4.78 is 5.70. The van der Waals surface area contributed by atoms with Gasteiger partial charge in [0.2, 0.25) is 11.5 Å². The van der Waals surface area contributed by atoms with Crippen molar-refractivity contribution >= 4 is 39.5 Å². The number of hydrogen-bond donors (Lipinski definition) is 0. The number of benzene rings is 2. The normalized spacial score (nSPS) is 17.2. The molecule has 0 atom stereocenters. The molecule has 0 N–H and O–H groups in total. The minimum Gasteiger partial charge on any atom is -0.437 e. The molecule has 2 aromatic carbocycles. The fourth-order valence-electron chi connectivity index (χ4n) is 2.43. The number of rotatable bonds is 2. The van der Waals surface area contributed by atoms with Crippen LogP contribution in [0.4, 0.5) is 5.69 Å². The quantitative estimate of drug-likeness (QED) is 0.675. The second-order valence-electron chi connectivity index (χ2n) is 5.15. The van der Waals surface area contributed by atoms with Crippen LogP contribution >= 0.6 is 11.8 Å². The molecule has 5 nitrogen and oxygen atoms in total. The van der Waals surface area contributed by atoms with Crippen LogP contribution in [0.3, 0.4) is 0 Å². The molecule has 0 radical (unpaired) electrons. The van der Waals surface area contributed by atoms with E-state index in [1.165, 1.54) is 11.8 Å². The number of amidine groups is 1. The number of carbonyl (C=O) groups excluding carboxylic acids is 1. The van der Waals surface area contributed by atoms with Crippen molar-refractivity contribution < 1.29 is 9.21 Å². The lowest BCUT2D eigenvalue weighted by Crippen LogP contribution is -2.29. The molecule has 1 saturated heterocycles. The van der Waals surface area contributed by atoms with E-state index in [-0.39, 0.29) is 5.91 Å². The highest BCUT2D eigenvalue weighted by molar-refractivity contribution is 8.15. The van der Waals surface area contributed by atoms with Crippen LogP contribution in [-0.2, 0) is 4.79 Å². The lowest BCUT2D eigenvalue weighted by Gasteiger charge is -2.14. The molecule has 0 spiro atoms. The third kappa shape index (κ3) is 2.83. The molecule has 1 aromatic heterocycles. The van der Waals surface area contributed by atoms with E-state index in [9.17, 15) is 4.79 Å². The summed E-state index contributed by atoms with van der Waals surface area (Å²) in [5, 5.41) is 9.93. The Morgan fingerprint density at radius 2 is 1.71 bits per heavy atom. The van der Waals surface area contributed by atoms with Crippen molar-refractivity contribution in [2.45, 2.75) is 0 Å². The van der Waals surface area contributed by atoms with Crippen molar-refractivity contribution in [1.29, 1.82) is 0 Å². The molecular weight excluding hydrogens is 322 g/mol. The maximum absolute atomic E-state index is 12.1. The summed E-state index contributed by atoms with van der Waals surface area (Å²) in [6.45, 7) is 0. The third-order valence-electron chi connectivity index (χ3n) is 3.55. The predicted molar refractivity (Wildman–Crippen MR) is 95.6 cm³/mol. The number of hydrogen-bond acceptors (Lipinski definition) is 5. The predicted octanol–water partition coefficient (Wildman–Crippen LogP) is 3.38. The number of anilines is 1. The highest BCUT2D eigenvalue weighted by Gasteiger charge is 2.29. The molecule has 118 valence electrons. The molecular formula is C18H13N3O2S. The summed E-state index contributed by atoms with van der Waals surface area (Å²) in [5.41, 5.74) is 1.93. The van der Waals surface area contributed by atoms with E-state index in [2.05, 4.69) is 10.2 Å². The fourth-order valence-corrected chi connectivity index (χ4v) is 3.25. The van der Waals surface area contributed by atoms with Gasteiger partial charge in [0, 0.05) is 11.5 Å². The molecule has 4 rings (SSSR count). The minimum absolute atomic E-state index is 0.00407. The van der Waals surface area contributed by atoms with Crippen LogP contribution in [0, 0.1) is 0 Å². The fraction of sp³-hybridized carbons (Fsp3) is 0.0556. The second-order valence-corrected chi connectivity index (χ2v) is 6.09. The van der Waals surface area contributed by atoms with Gasteiger partial charge in [-0.25, -0.2) is 0 Å². The van der Waals surface area contributed by atoms with Gasteiger partial charge in [-0.05, 0) is 24.3 Å². The smallest absolute Gasteiger partial charge is 0.243 e. The van der Waals surface area contributed by atoms with Gasteiger partial charge >= 0.3 is 0 Å². The van der Waals surface area contributed by atoms with Crippen molar-refractivity contribution in [2.75, 3.05) is 10.7 Å². The number of nitrogens with zero attached hydrogens (tertiary/aromatic N) is 3. The largest absolute Gasteiger partial charge is 0.437 e. The van der Waals surface area contributed by atoms with E-state index in [0.29, 0.717) is 16.5 Å². The van der Waals surface area contributed by atoms with Gasteiger partial charge in [-0.15, -0.1) is 10.2 Å². The van der Waals surface area contributed by atoms with Gasteiger partial charge < -0.3 is 4.42 Å². The Kier molecular flexibility index (Phi) is 3.88. The van der Waals surface area contributed by atoms with Crippen LogP contribution in [0.15, 0.2) is 81.4 Å². The van der Waals surface area contributed by atoms with Crippen molar-refractivity contribution in [1.82, 2.24) is 0 Å². The molecule has 2 heterocycles. The molecule has 1 aliphatic rings. The van der Waals surface area contributed by atoms with Crippen LogP contribution in [0.5, 0.6) is 0 Å². The Balaban J connectivity index is 1.72. The average Bonchev–Trinajstić information content (AvgIpc) is 3.01. The van der Waals surface area contributed by atoms with Gasteiger partial charge in [0.25, 0.3) is 0 Å². The Bertz CT molecular complexity index is 996. The van der Waals surface area contributed by atoms with Crippen LogP contribution < -0.4 is 10.5 Å². The molecule has 3 aromatic rings. The molecule has 0 saturated carbocycles. The van der Waals surface area contributed by atoms with Crippen molar-refractivity contribution in [2.24, 2.45) is 10.2 Å². The molecule has 1 amide bonds. The van der Waals surface area contributed by atoms with E-state index >= 15 is 0 Å². The van der Waals surface area contributed by atoms with Gasteiger partial charge in [0.1, 0.15) is 5.58 Å². The molecule has 0 unspecified atom stereocenters. The van der Waals surface area contributed by atoms with E-state index in [1.54, 1.807) is 11.0 Å². The van der Waals surface area contributed by atoms with E-state index in [1.807, 2.05) is 60.7 Å². The van der Waals surface area contributed by atoms with E-state index < -0.39 is 0 Å². The Morgan fingerprint density at radius 3 is 2.58 bits per heavy atom. The highest BCUT2D eigenvalue weighted by atomic mass is 32.2. The number of carbonyl (C=O) groups is 1. The van der Waals surface area contributed by atoms with E-state index in [0.717, 1.165) is 16.7 Å². The zero-order valence-electron chi connectivity index (χ0n) is 12.6. The Labute approximate surface area is 142 Å². The SMILES string of the molecule is O=C1CS/C(=N/N=c2\ccc3ccccc3o2)N1c1ccccc1. The van der Waals surface area contributed by atoms with Crippen LogP contribution in [0.2, 0.25) is 0 Å². The molecule has 6 heteroatoms. The summed E-state index contributed by atoms with van der Waals surface area (Å²) >= 11 is 1.37. The van der Waals surface area contributed by atoms with Crippen LogP contribution in [0.25, 0.3) is 11.0 Å². The zero-order chi connectivity index (χ0) is 16.4. The first-order valence-corrected chi connectivity index (χ1v) is 8.41. The minimum atomic E-state index is -0.00407. The summed E-state index contributed by atoms with van der Waals surface area (Å²) in [7, 11) is 0. The second kappa shape index (κ2) is 6.33. The van der Waals surface area contributed by atoms with Crippen molar-refractivity contribution in [3.8, 4) is 0 Å². The average molecular weight is 335 g/mol. The van der Waals surface area contributed by atoms with E-state index in [4.69, 9.17) is 4.42 Å². The summed E-state index contributed by atoms with van der Waals surface area (Å²) in [5.74, 6) is 0.355. The molecule has 1 aliphatic heterocycles. The van der Waals surface area contributed by atoms with Gasteiger partial charge in [0.05, 0.1) is 11.4 Å². The maximum Gasteiger partial charge on any atom is 0.243 e. The zero-order valence-corrected chi connectivity index (χ0v) is 13.4. The molecule has 1 fully saturated rings. The van der Waals surface area contributed by atoms with Crippen molar-refractivity contribution in [3.05, 3.63) is 72.3 Å². The standard InChI is InChI=1S/C18H13N3O2S/c22-17-12-24-18(21(17)14-7-2-1-3-8-14)20-19-16-11-10-13-6-4-5-9-15(13)23-16/h1-11H,12H2/b19-16+,20-18+. The number of thioether (sulfide) groups is 1. The summed E-state index contributed by atoms with van der Waals surface area (Å²) in [6.07, 6.45) is 0. The summed E-state index contributed by atoms with van der Waals surface area (Å²) in [6, 6.07) is 20.8. The summed E-state index contributed by atoms with van der Waals surface area (Å²) in [4.78, 5) is 13.7. The first-order valence-electron chi connectivity index (χ1n) is 7.43.